The summed E-state index contributed by atoms with van der Waals surface area (Å²) in [7, 11) is 0. The summed E-state index contributed by atoms with van der Waals surface area (Å²) in [4.78, 5) is 16.0. The van der Waals surface area contributed by atoms with E-state index in [0.717, 1.165) is 10.5 Å². The summed E-state index contributed by atoms with van der Waals surface area (Å²) in [6, 6.07) is 3.42. The molecule has 0 N–H and O–H groups in total. The quantitative estimate of drug-likeness (QED) is 0.702. The van der Waals surface area contributed by atoms with Gasteiger partial charge in [-0.05, 0) is 32.4 Å². The molecule has 14 heavy (non-hydrogen) atoms. The van der Waals surface area contributed by atoms with Crippen LogP contribution in [0.2, 0.25) is 0 Å². The minimum Gasteiger partial charge on any atom is -0.530 e. The molecule has 0 unspecified atom stereocenters. The van der Waals surface area contributed by atoms with Crippen LogP contribution in [-0.4, -0.2) is 17.1 Å². The summed E-state index contributed by atoms with van der Waals surface area (Å²) < 4.78 is 0. The van der Waals surface area contributed by atoms with E-state index < -0.39 is 6.09 Å². The number of carbonyl (C=O) groups is 1. The topological polar surface area (TPSA) is 56.3 Å². The third-order valence-electron chi connectivity index (χ3n) is 1.92. The van der Waals surface area contributed by atoms with E-state index >= 15 is 0 Å². The van der Waals surface area contributed by atoms with Gasteiger partial charge in [0, 0.05) is 12.2 Å². The van der Waals surface area contributed by atoms with Crippen molar-refractivity contribution in [3.63, 3.8) is 0 Å². The predicted molar refractivity (Wildman–Crippen MR) is 52.0 cm³/mol. The number of aryl methyl sites for hydroxylation is 1. The smallest absolute Gasteiger partial charge is 0.143 e. The molecule has 0 aromatic carbocycles. The summed E-state index contributed by atoms with van der Waals surface area (Å²) >= 11 is 0. The molecule has 1 amide bonds. The fourth-order valence-electron chi connectivity index (χ4n) is 1.27. The SMILES string of the molecule is Cc1cccnc1N(C(=O)[O-])C(C)C. The van der Waals surface area contributed by atoms with Crippen molar-refractivity contribution in [1.29, 1.82) is 0 Å². The van der Waals surface area contributed by atoms with Crippen LogP contribution in [0.25, 0.3) is 0 Å². The second kappa shape index (κ2) is 4.09. The third-order valence-corrected chi connectivity index (χ3v) is 1.92. The number of anilines is 1. The maximum absolute atomic E-state index is 10.9. The van der Waals surface area contributed by atoms with Crippen LogP contribution in [0.1, 0.15) is 19.4 Å². The minimum atomic E-state index is -1.22. The van der Waals surface area contributed by atoms with Crippen LogP contribution in [0.4, 0.5) is 10.6 Å². The predicted octanol–water partition coefficient (Wildman–Crippen LogP) is 0.948. The van der Waals surface area contributed by atoms with Gasteiger partial charge in [-0.15, -0.1) is 0 Å². The van der Waals surface area contributed by atoms with Crippen molar-refractivity contribution in [3.05, 3.63) is 23.9 Å². The van der Waals surface area contributed by atoms with E-state index in [0.29, 0.717) is 5.82 Å². The monoisotopic (exact) mass is 193 g/mol. The Balaban J connectivity index is 3.12. The molecule has 0 bridgehead atoms. The molecule has 0 saturated carbocycles. The molecule has 76 valence electrons. The van der Waals surface area contributed by atoms with E-state index in [2.05, 4.69) is 4.98 Å². The second-order valence-corrected chi connectivity index (χ2v) is 3.37. The number of hydrogen-bond acceptors (Lipinski definition) is 3. The molecule has 4 heteroatoms. The lowest BCUT2D eigenvalue weighted by Gasteiger charge is -2.29. The average Bonchev–Trinajstić information content (AvgIpc) is 2.07. The Hall–Kier alpha value is -1.58. The Kier molecular flexibility index (Phi) is 3.06. The molecule has 1 rings (SSSR count). The van der Waals surface area contributed by atoms with E-state index in [1.807, 2.05) is 13.0 Å². The summed E-state index contributed by atoms with van der Waals surface area (Å²) in [5.74, 6) is 0.447. The van der Waals surface area contributed by atoms with Gasteiger partial charge in [0.2, 0.25) is 0 Å². The number of rotatable bonds is 2. The van der Waals surface area contributed by atoms with Gasteiger partial charge in [0.15, 0.2) is 0 Å². The van der Waals surface area contributed by atoms with Crippen molar-refractivity contribution in [2.45, 2.75) is 26.8 Å². The summed E-state index contributed by atoms with van der Waals surface area (Å²) in [5.41, 5.74) is 0.824. The van der Waals surface area contributed by atoms with E-state index in [-0.39, 0.29) is 6.04 Å². The van der Waals surface area contributed by atoms with Crippen molar-refractivity contribution in [2.24, 2.45) is 0 Å². The first kappa shape index (κ1) is 10.5. The lowest BCUT2D eigenvalue weighted by atomic mass is 10.2. The standard InChI is InChI=1S/C10H14N2O2/c1-7(2)12(10(13)14)9-8(3)5-4-6-11-9/h4-7H,1-3H3,(H,13,14)/p-1. The number of hydrogen-bond donors (Lipinski definition) is 0. The van der Waals surface area contributed by atoms with E-state index in [1.165, 1.54) is 0 Å². The first-order valence-corrected chi connectivity index (χ1v) is 4.46. The van der Waals surface area contributed by atoms with E-state index in [4.69, 9.17) is 0 Å². The maximum Gasteiger partial charge on any atom is 0.143 e. The highest BCUT2D eigenvalue weighted by molar-refractivity contribution is 5.84. The highest BCUT2D eigenvalue weighted by Gasteiger charge is 2.14. The van der Waals surface area contributed by atoms with Crippen molar-refractivity contribution >= 4 is 11.9 Å². The van der Waals surface area contributed by atoms with Gasteiger partial charge in [-0.1, -0.05) is 6.07 Å². The number of carbonyl (C=O) groups excluding carboxylic acids is 1. The first-order chi connectivity index (χ1) is 6.54. The van der Waals surface area contributed by atoms with Gasteiger partial charge in [0.25, 0.3) is 0 Å². The molecule has 0 radical (unpaired) electrons. The summed E-state index contributed by atoms with van der Waals surface area (Å²) in [6.45, 7) is 5.38. The molecule has 0 atom stereocenters. The lowest BCUT2D eigenvalue weighted by molar-refractivity contribution is -0.247. The zero-order valence-corrected chi connectivity index (χ0v) is 8.52. The molecule has 0 saturated heterocycles. The van der Waals surface area contributed by atoms with Gasteiger partial charge in [0.1, 0.15) is 11.9 Å². The highest BCUT2D eigenvalue weighted by Crippen LogP contribution is 2.17. The molecular weight excluding hydrogens is 180 g/mol. The lowest BCUT2D eigenvalue weighted by Crippen LogP contribution is -2.46. The second-order valence-electron chi connectivity index (χ2n) is 3.37. The van der Waals surface area contributed by atoms with Crippen LogP contribution in [0.3, 0.4) is 0 Å². The molecule has 1 heterocycles. The molecule has 0 aliphatic heterocycles. The van der Waals surface area contributed by atoms with Gasteiger partial charge in [-0.2, -0.15) is 0 Å². The average molecular weight is 193 g/mol. The first-order valence-electron chi connectivity index (χ1n) is 4.46. The molecule has 0 aliphatic rings. The van der Waals surface area contributed by atoms with Crippen molar-refractivity contribution in [1.82, 2.24) is 4.98 Å². The van der Waals surface area contributed by atoms with Gasteiger partial charge >= 0.3 is 0 Å². The third kappa shape index (κ3) is 2.02. The number of nitrogens with zero attached hydrogens (tertiary/aromatic N) is 2. The Bertz CT molecular complexity index is 337. The van der Waals surface area contributed by atoms with Gasteiger partial charge < -0.3 is 14.8 Å². The molecule has 1 aromatic heterocycles. The van der Waals surface area contributed by atoms with Crippen LogP contribution < -0.4 is 10.0 Å². The Morgan fingerprint density at radius 3 is 2.64 bits per heavy atom. The van der Waals surface area contributed by atoms with Gasteiger partial charge in [-0.25, -0.2) is 4.98 Å². The fraction of sp³-hybridized carbons (Fsp3) is 0.400. The Labute approximate surface area is 83.2 Å². The largest absolute Gasteiger partial charge is 0.530 e. The molecule has 0 aliphatic carbocycles. The zero-order valence-electron chi connectivity index (χ0n) is 8.52. The van der Waals surface area contributed by atoms with Crippen LogP contribution >= 0.6 is 0 Å². The zero-order chi connectivity index (χ0) is 10.7. The molecule has 4 nitrogen and oxygen atoms in total. The van der Waals surface area contributed by atoms with Crippen LogP contribution in [-0.2, 0) is 0 Å². The number of carboxylic acid groups (broad SMARTS) is 1. The van der Waals surface area contributed by atoms with Crippen molar-refractivity contribution < 1.29 is 9.90 Å². The van der Waals surface area contributed by atoms with Crippen LogP contribution in [0.15, 0.2) is 18.3 Å². The van der Waals surface area contributed by atoms with Crippen LogP contribution in [0, 0.1) is 6.92 Å². The Morgan fingerprint density at radius 2 is 2.21 bits per heavy atom. The van der Waals surface area contributed by atoms with Crippen molar-refractivity contribution in [2.75, 3.05) is 4.90 Å². The normalized spacial score (nSPS) is 10.3. The van der Waals surface area contributed by atoms with Gasteiger partial charge in [-0.3, -0.25) is 0 Å². The van der Waals surface area contributed by atoms with E-state index in [9.17, 15) is 9.90 Å². The number of amides is 1. The molecule has 0 spiro atoms. The van der Waals surface area contributed by atoms with Gasteiger partial charge in [0.05, 0.1) is 0 Å². The maximum atomic E-state index is 10.9. The van der Waals surface area contributed by atoms with E-state index in [1.54, 1.807) is 26.1 Å². The molecule has 0 fully saturated rings. The van der Waals surface area contributed by atoms with Crippen molar-refractivity contribution in [3.8, 4) is 0 Å². The molecular formula is C10H13N2O2-. The number of pyridine rings is 1. The molecule has 1 aromatic rings. The minimum absolute atomic E-state index is 0.173. The highest BCUT2D eigenvalue weighted by atomic mass is 16.4. The summed E-state index contributed by atoms with van der Waals surface area (Å²) in [6.07, 6.45) is 0.350. The summed E-state index contributed by atoms with van der Waals surface area (Å²) in [5, 5.41) is 10.9. The number of aromatic nitrogens is 1. The van der Waals surface area contributed by atoms with Crippen LogP contribution in [0.5, 0.6) is 0 Å². The Morgan fingerprint density at radius 1 is 1.57 bits per heavy atom. The fourth-order valence-corrected chi connectivity index (χ4v) is 1.27.